The SMILES string of the molecule is COc1cc2c(cc1NC(=O)C(=O)NCCN(C)C)oc1ccccc12. The van der Waals surface area contributed by atoms with E-state index in [1.165, 1.54) is 7.11 Å². The molecule has 1 heterocycles. The zero-order valence-electron chi connectivity index (χ0n) is 15.0. The Morgan fingerprint density at radius 3 is 2.58 bits per heavy atom. The lowest BCUT2D eigenvalue weighted by atomic mass is 10.1. The van der Waals surface area contributed by atoms with Gasteiger partial charge in [-0.05, 0) is 26.2 Å². The largest absolute Gasteiger partial charge is 0.495 e. The van der Waals surface area contributed by atoms with Gasteiger partial charge in [-0.15, -0.1) is 0 Å². The molecule has 0 aliphatic heterocycles. The minimum Gasteiger partial charge on any atom is -0.495 e. The average molecular weight is 355 g/mol. The summed E-state index contributed by atoms with van der Waals surface area (Å²) in [5, 5.41) is 7.00. The molecule has 0 saturated heterocycles. The number of methoxy groups -OCH3 is 1. The minimum atomic E-state index is -0.752. The van der Waals surface area contributed by atoms with Crippen molar-refractivity contribution in [1.29, 1.82) is 0 Å². The Kier molecular flexibility index (Phi) is 5.09. The van der Waals surface area contributed by atoms with Gasteiger partial charge < -0.3 is 24.7 Å². The standard InChI is InChI=1S/C19H21N3O4/c1-22(2)9-8-20-18(23)19(24)21-14-11-16-13(10-17(14)25-3)12-6-4-5-7-15(12)26-16/h4-7,10-11H,8-9H2,1-3H3,(H,20,23)(H,21,24). The lowest BCUT2D eigenvalue weighted by Gasteiger charge is -2.12. The quantitative estimate of drug-likeness (QED) is 0.686. The number of anilines is 1. The number of furan rings is 1. The Labute approximate surface area is 150 Å². The van der Waals surface area contributed by atoms with Crippen LogP contribution in [0.3, 0.4) is 0 Å². The van der Waals surface area contributed by atoms with E-state index in [1.54, 1.807) is 12.1 Å². The van der Waals surface area contributed by atoms with E-state index in [4.69, 9.17) is 9.15 Å². The van der Waals surface area contributed by atoms with Crippen LogP contribution in [-0.4, -0.2) is 51.0 Å². The highest BCUT2D eigenvalue weighted by Crippen LogP contribution is 2.36. The number of nitrogens with one attached hydrogen (secondary N) is 2. The maximum atomic E-state index is 12.1. The fraction of sp³-hybridized carbons (Fsp3) is 0.263. The van der Waals surface area contributed by atoms with Crippen molar-refractivity contribution < 1.29 is 18.7 Å². The summed E-state index contributed by atoms with van der Waals surface area (Å²) >= 11 is 0. The summed E-state index contributed by atoms with van der Waals surface area (Å²) in [7, 11) is 5.29. The van der Waals surface area contributed by atoms with Crippen molar-refractivity contribution in [2.24, 2.45) is 0 Å². The van der Waals surface area contributed by atoms with Gasteiger partial charge in [0.15, 0.2) is 0 Å². The number of ether oxygens (including phenoxy) is 1. The van der Waals surface area contributed by atoms with Crippen molar-refractivity contribution in [3.8, 4) is 5.75 Å². The molecule has 0 aliphatic carbocycles. The van der Waals surface area contributed by atoms with Gasteiger partial charge in [0.25, 0.3) is 0 Å². The topological polar surface area (TPSA) is 83.8 Å². The molecule has 3 aromatic rings. The average Bonchev–Trinajstić information content (AvgIpc) is 2.97. The number of fused-ring (bicyclic) bond motifs is 3. The fourth-order valence-electron chi connectivity index (χ4n) is 2.67. The molecule has 0 atom stereocenters. The van der Waals surface area contributed by atoms with E-state index in [9.17, 15) is 9.59 Å². The van der Waals surface area contributed by atoms with E-state index < -0.39 is 11.8 Å². The monoisotopic (exact) mass is 355 g/mol. The Morgan fingerprint density at radius 1 is 1.08 bits per heavy atom. The van der Waals surface area contributed by atoms with Crippen molar-refractivity contribution in [1.82, 2.24) is 10.2 Å². The molecule has 1 aromatic heterocycles. The summed E-state index contributed by atoms with van der Waals surface area (Å²) in [6.07, 6.45) is 0. The van der Waals surface area contributed by atoms with Gasteiger partial charge in [-0.25, -0.2) is 0 Å². The molecule has 7 heteroatoms. The number of para-hydroxylation sites is 1. The number of carbonyl (C=O) groups is 2. The first-order valence-corrected chi connectivity index (χ1v) is 8.23. The first-order valence-electron chi connectivity index (χ1n) is 8.23. The number of likely N-dealkylation sites (N-methyl/N-ethyl adjacent to an activating group) is 1. The lowest BCUT2D eigenvalue weighted by molar-refractivity contribution is -0.136. The summed E-state index contributed by atoms with van der Waals surface area (Å²) in [5.74, 6) is -0.991. The van der Waals surface area contributed by atoms with E-state index in [2.05, 4.69) is 10.6 Å². The van der Waals surface area contributed by atoms with Gasteiger partial charge in [0, 0.05) is 29.9 Å². The number of rotatable bonds is 5. The smallest absolute Gasteiger partial charge is 0.313 e. The molecule has 0 spiro atoms. The second-order valence-electron chi connectivity index (χ2n) is 6.16. The molecule has 0 unspecified atom stereocenters. The van der Waals surface area contributed by atoms with Crippen molar-refractivity contribution in [2.75, 3.05) is 39.6 Å². The van der Waals surface area contributed by atoms with E-state index >= 15 is 0 Å². The van der Waals surface area contributed by atoms with Crippen LogP contribution < -0.4 is 15.4 Å². The zero-order valence-corrected chi connectivity index (χ0v) is 15.0. The second kappa shape index (κ2) is 7.45. The maximum absolute atomic E-state index is 12.1. The maximum Gasteiger partial charge on any atom is 0.313 e. The molecular weight excluding hydrogens is 334 g/mol. The predicted molar refractivity (Wildman–Crippen MR) is 100 cm³/mol. The summed E-state index contributed by atoms with van der Waals surface area (Å²) in [6.45, 7) is 1.03. The molecule has 2 aromatic carbocycles. The van der Waals surface area contributed by atoms with Gasteiger partial charge in [0.2, 0.25) is 0 Å². The zero-order chi connectivity index (χ0) is 18.7. The van der Waals surface area contributed by atoms with Crippen LogP contribution in [0, 0.1) is 0 Å². The highest BCUT2D eigenvalue weighted by molar-refractivity contribution is 6.39. The van der Waals surface area contributed by atoms with Crippen LogP contribution in [0.15, 0.2) is 40.8 Å². The summed E-state index contributed by atoms with van der Waals surface area (Å²) in [6, 6.07) is 11.1. The molecule has 136 valence electrons. The third kappa shape index (κ3) is 3.62. The molecule has 0 saturated carbocycles. The van der Waals surface area contributed by atoms with Gasteiger partial charge in [0.1, 0.15) is 16.9 Å². The number of carbonyl (C=O) groups excluding carboxylic acids is 2. The van der Waals surface area contributed by atoms with Gasteiger partial charge in [-0.1, -0.05) is 18.2 Å². The first kappa shape index (κ1) is 17.8. The van der Waals surface area contributed by atoms with Gasteiger partial charge >= 0.3 is 11.8 Å². The Balaban J connectivity index is 1.83. The summed E-state index contributed by atoms with van der Waals surface area (Å²) in [4.78, 5) is 26.0. The number of nitrogens with zero attached hydrogens (tertiary/aromatic N) is 1. The third-order valence-corrected chi connectivity index (χ3v) is 4.00. The van der Waals surface area contributed by atoms with E-state index in [0.29, 0.717) is 30.1 Å². The molecule has 26 heavy (non-hydrogen) atoms. The van der Waals surface area contributed by atoms with Crippen molar-refractivity contribution in [3.63, 3.8) is 0 Å². The summed E-state index contributed by atoms with van der Waals surface area (Å²) in [5.41, 5.74) is 1.73. The lowest BCUT2D eigenvalue weighted by Crippen LogP contribution is -2.38. The van der Waals surface area contributed by atoms with E-state index in [-0.39, 0.29) is 0 Å². The van der Waals surface area contributed by atoms with Gasteiger partial charge in [-0.2, -0.15) is 0 Å². The molecule has 0 radical (unpaired) electrons. The molecule has 2 N–H and O–H groups in total. The van der Waals surface area contributed by atoms with Crippen molar-refractivity contribution >= 4 is 39.4 Å². The van der Waals surface area contributed by atoms with Crippen molar-refractivity contribution in [3.05, 3.63) is 36.4 Å². The number of amides is 2. The molecule has 2 amide bonds. The van der Waals surface area contributed by atoms with Crippen LogP contribution in [-0.2, 0) is 9.59 Å². The normalized spacial score (nSPS) is 11.1. The third-order valence-electron chi connectivity index (χ3n) is 4.00. The van der Waals surface area contributed by atoms with Crippen molar-refractivity contribution in [2.45, 2.75) is 0 Å². The Bertz CT molecular complexity index is 962. The molecular formula is C19H21N3O4. The highest BCUT2D eigenvalue weighted by Gasteiger charge is 2.18. The van der Waals surface area contributed by atoms with Crippen LogP contribution in [0.2, 0.25) is 0 Å². The molecule has 0 fully saturated rings. The number of hydrogen-bond donors (Lipinski definition) is 2. The van der Waals surface area contributed by atoms with Crippen LogP contribution in [0.4, 0.5) is 5.69 Å². The molecule has 0 bridgehead atoms. The van der Waals surface area contributed by atoms with Crippen LogP contribution in [0.1, 0.15) is 0 Å². The van der Waals surface area contributed by atoms with Crippen LogP contribution >= 0.6 is 0 Å². The first-order chi connectivity index (χ1) is 12.5. The van der Waals surface area contributed by atoms with E-state index in [0.717, 1.165) is 16.4 Å². The van der Waals surface area contributed by atoms with Crippen LogP contribution in [0.25, 0.3) is 21.9 Å². The summed E-state index contributed by atoms with van der Waals surface area (Å²) < 4.78 is 11.2. The molecule has 3 rings (SSSR count). The number of hydrogen-bond acceptors (Lipinski definition) is 5. The molecule has 7 nitrogen and oxygen atoms in total. The number of benzene rings is 2. The van der Waals surface area contributed by atoms with E-state index in [1.807, 2.05) is 43.3 Å². The second-order valence-corrected chi connectivity index (χ2v) is 6.16. The minimum absolute atomic E-state index is 0.381. The predicted octanol–water partition coefficient (Wildman–Crippen LogP) is 2.21. The van der Waals surface area contributed by atoms with Crippen LogP contribution in [0.5, 0.6) is 5.75 Å². The van der Waals surface area contributed by atoms with Gasteiger partial charge in [-0.3, -0.25) is 9.59 Å². The van der Waals surface area contributed by atoms with Gasteiger partial charge in [0.05, 0.1) is 12.8 Å². The molecule has 0 aliphatic rings. The fourth-order valence-corrected chi connectivity index (χ4v) is 2.67. The highest BCUT2D eigenvalue weighted by atomic mass is 16.5. The Morgan fingerprint density at radius 2 is 1.85 bits per heavy atom. The Hall–Kier alpha value is -3.06.